The molecule has 4 heteroatoms. The largest absolute Gasteiger partial charge is 0.397 e. The molecule has 0 amide bonds. The monoisotopic (exact) mass is 239 g/mol. The van der Waals surface area contributed by atoms with Gasteiger partial charge in [0.15, 0.2) is 0 Å². The maximum Gasteiger partial charge on any atom is 0.0790 e. The third kappa shape index (κ3) is 2.25. The highest BCUT2D eigenvalue weighted by molar-refractivity contribution is 6.34. The van der Waals surface area contributed by atoms with Crippen molar-refractivity contribution in [3.8, 4) is 0 Å². The average molecular weight is 240 g/mol. The van der Waals surface area contributed by atoms with E-state index in [1.165, 1.54) is 0 Å². The summed E-state index contributed by atoms with van der Waals surface area (Å²) in [5.74, 6) is 0. The van der Waals surface area contributed by atoms with Gasteiger partial charge < -0.3 is 16.0 Å². The molecule has 0 radical (unpaired) electrons. The molecule has 0 aromatic heterocycles. The molecule has 1 fully saturated rings. The fourth-order valence-electron chi connectivity index (χ4n) is 2.38. The smallest absolute Gasteiger partial charge is 0.0790 e. The summed E-state index contributed by atoms with van der Waals surface area (Å²) in [6.45, 7) is 6.24. The number of piperazine rings is 1. The fraction of sp³-hybridized carbons (Fsp3) is 0.500. The van der Waals surface area contributed by atoms with Gasteiger partial charge in [-0.2, -0.15) is 0 Å². The van der Waals surface area contributed by atoms with E-state index < -0.39 is 0 Å². The van der Waals surface area contributed by atoms with E-state index in [-0.39, 0.29) is 0 Å². The number of nitrogen functional groups attached to an aromatic ring is 1. The van der Waals surface area contributed by atoms with Crippen LogP contribution in [-0.2, 0) is 0 Å². The molecular weight excluding hydrogens is 222 g/mol. The number of halogens is 1. The number of para-hydroxylation sites is 1. The second kappa shape index (κ2) is 4.52. The molecular formula is C12H18ClN3. The number of hydrogen-bond donors (Lipinski definition) is 2. The van der Waals surface area contributed by atoms with Crippen LogP contribution in [0.25, 0.3) is 0 Å². The Morgan fingerprint density at radius 2 is 1.94 bits per heavy atom. The van der Waals surface area contributed by atoms with Crippen LogP contribution >= 0.6 is 11.6 Å². The van der Waals surface area contributed by atoms with Crippen LogP contribution in [0.3, 0.4) is 0 Å². The summed E-state index contributed by atoms with van der Waals surface area (Å²) in [5, 5.41) is 4.23. The maximum atomic E-state index is 6.22. The fourth-order valence-corrected chi connectivity index (χ4v) is 2.68. The van der Waals surface area contributed by atoms with Gasteiger partial charge in [0, 0.05) is 25.2 Å². The Kier molecular flexibility index (Phi) is 3.26. The van der Waals surface area contributed by atoms with Crippen LogP contribution in [0.15, 0.2) is 18.2 Å². The second-order valence-corrected chi connectivity index (χ2v) is 4.96. The first-order valence-electron chi connectivity index (χ1n) is 5.63. The number of nitrogens with two attached hydrogens (primary N) is 1. The molecule has 1 aliphatic rings. The number of hydrogen-bond acceptors (Lipinski definition) is 3. The predicted octanol–water partition coefficient (Wildman–Crippen LogP) is 2.11. The van der Waals surface area contributed by atoms with Crippen LogP contribution in [0.2, 0.25) is 5.02 Å². The van der Waals surface area contributed by atoms with E-state index in [0.29, 0.717) is 12.1 Å². The Labute approximate surface area is 102 Å². The molecule has 88 valence electrons. The standard InChI is InChI=1S/C12H18ClN3/c1-8-6-16(7-9(2)15-8)12-10(13)4-3-5-11(12)14/h3-5,8-9,15H,6-7,14H2,1-2H3. The molecule has 1 saturated heterocycles. The Morgan fingerprint density at radius 3 is 2.50 bits per heavy atom. The summed E-state index contributed by atoms with van der Waals surface area (Å²) in [4.78, 5) is 2.27. The zero-order chi connectivity index (χ0) is 11.7. The Bertz CT molecular complexity index is 350. The lowest BCUT2D eigenvalue weighted by molar-refractivity contribution is 0.407. The van der Waals surface area contributed by atoms with Crippen LogP contribution in [0.4, 0.5) is 11.4 Å². The minimum absolute atomic E-state index is 0.458. The van der Waals surface area contributed by atoms with E-state index in [4.69, 9.17) is 17.3 Å². The lowest BCUT2D eigenvalue weighted by Gasteiger charge is -2.38. The molecule has 2 rings (SSSR count). The van der Waals surface area contributed by atoms with Crippen molar-refractivity contribution in [2.45, 2.75) is 25.9 Å². The first-order valence-corrected chi connectivity index (χ1v) is 6.00. The maximum absolute atomic E-state index is 6.22. The van der Waals surface area contributed by atoms with E-state index >= 15 is 0 Å². The third-order valence-electron chi connectivity index (χ3n) is 2.89. The van der Waals surface area contributed by atoms with Crippen molar-refractivity contribution < 1.29 is 0 Å². The summed E-state index contributed by atoms with van der Waals surface area (Å²) in [6, 6.07) is 6.60. The molecule has 1 aromatic carbocycles. The zero-order valence-electron chi connectivity index (χ0n) is 9.70. The SMILES string of the molecule is CC1CN(c2c(N)cccc2Cl)CC(C)N1. The minimum atomic E-state index is 0.458. The number of anilines is 2. The van der Waals surface area contributed by atoms with Crippen molar-refractivity contribution in [2.24, 2.45) is 0 Å². The summed E-state index contributed by atoms with van der Waals surface area (Å²) < 4.78 is 0. The first-order chi connectivity index (χ1) is 7.58. The van der Waals surface area contributed by atoms with Crippen LogP contribution < -0.4 is 16.0 Å². The molecule has 1 aliphatic heterocycles. The summed E-state index contributed by atoms with van der Waals surface area (Å²) in [7, 11) is 0. The summed E-state index contributed by atoms with van der Waals surface area (Å²) >= 11 is 6.22. The Hall–Kier alpha value is -0.930. The number of nitrogens with zero attached hydrogens (tertiary/aromatic N) is 1. The highest BCUT2D eigenvalue weighted by Crippen LogP contribution is 2.32. The number of nitrogens with one attached hydrogen (secondary N) is 1. The molecule has 3 N–H and O–H groups in total. The van der Waals surface area contributed by atoms with Gasteiger partial charge in [0.1, 0.15) is 0 Å². The molecule has 1 aromatic rings. The van der Waals surface area contributed by atoms with Crippen molar-refractivity contribution in [1.29, 1.82) is 0 Å². The first kappa shape index (κ1) is 11.6. The minimum Gasteiger partial charge on any atom is -0.397 e. The molecule has 16 heavy (non-hydrogen) atoms. The Morgan fingerprint density at radius 1 is 1.31 bits per heavy atom. The lowest BCUT2D eigenvalue weighted by atomic mass is 10.1. The molecule has 2 unspecified atom stereocenters. The molecule has 1 heterocycles. The van der Waals surface area contributed by atoms with Gasteiger partial charge in [0.25, 0.3) is 0 Å². The second-order valence-electron chi connectivity index (χ2n) is 4.55. The summed E-state index contributed by atoms with van der Waals surface area (Å²) in [6.07, 6.45) is 0. The van der Waals surface area contributed by atoms with Crippen LogP contribution in [0.5, 0.6) is 0 Å². The molecule has 0 spiro atoms. The van der Waals surface area contributed by atoms with Crippen LogP contribution in [0, 0.1) is 0 Å². The van der Waals surface area contributed by atoms with Gasteiger partial charge in [-0.1, -0.05) is 17.7 Å². The average Bonchev–Trinajstić information content (AvgIpc) is 2.15. The lowest BCUT2D eigenvalue weighted by Crippen LogP contribution is -2.54. The van der Waals surface area contributed by atoms with Crippen LogP contribution in [-0.4, -0.2) is 25.2 Å². The molecule has 0 bridgehead atoms. The molecule has 0 aliphatic carbocycles. The van der Waals surface area contributed by atoms with Crippen molar-refractivity contribution >= 4 is 23.0 Å². The van der Waals surface area contributed by atoms with Crippen molar-refractivity contribution in [3.63, 3.8) is 0 Å². The van der Waals surface area contributed by atoms with E-state index in [9.17, 15) is 0 Å². The van der Waals surface area contributed by atoms with E-state index in [2.05, 4.69) is 24.1 Å². The van der Waals surface area contributed by atoms with Gasteiger partial charge in [0.2, 0.25) is 0 Å². The van der Waals surface area contributed by atoms with Crippen molar-refractivity contribution in [2.75, 3.05) is 23.7 Å². The van der Waals surface area contributed by atoms with Gasteiger partial charge >= 0.3 is 0 Å². The van der Waals surface area contributed by atoms with Crippen LogP contribution in [0.1, 0.15) is 13.8 Å². The van der Waals surface area contributed by atoms with Gasteiger partial charge in [-0.3, -0.25) is 0 Å². The normalized spacial score (nSPS) is 25.8. The number of benzene rings is 1. The van der Waals surface area contributed by atoms with Gasteiger partial charge in [-0.15, -0.1) is 0 Å². The zero-order valence-corrected chi connectivity index (χ0v) is 10.5. The third-order valence-corrected chi connectivity index (χ3v) is 3.20. The molecule has 2 atom stereocenters. The summed E-state index contributed by atoms with van der Waals surface area (Å²) in [5.41, 5.74) is 7.73. The molecule has 0 saturated carbocycles. The molecule has 3 nitrogen and oxygen atoms in total. The highest BCUT2D eigenvalue weighted by atomic mass is 35.5. The Balaban J connectivity index is 2.29. The highest BCUT2D eigenvalue weighted by Gasteiger charge is 2.23. The topological polar surface area (TPSA) is 41.3 Å². The van der Waals surface area contributed by atoms with Crippen molar-refractivity contribution in [1.82, 2.24) is 5.32 Å². The van der Waals surface area contributed by atoms with Crippen molar-refractivity contribution in [3.05, 3.63) is 23.2 Å². The van der Waals surface area contributed by atoms with E-state index in [0.717, 1.165) is 29.5 Å². The predicted molar refractivity (Wildman–Crippen MR) is 70.1 cm³/mol. The quantitative estimate of drug-likeness (QED) is 0.738. The van der Waals surface area contributed by atoms with Gasteiger partial charge in [0.05, 0.1) is 16.4 Å². The van der Waals surface area contributed by atoms with Gasteiger partial charge in [-0.25, -0.2) is 0 Å². The van der Waals surface area contributed by atoms with E-state index in [1.54, 1.807) is 0 Å². The van der Waals surface area contributed by atoms with Gasteiger partial charge in [-0.05, 0) is 26.0 Å². The van der Waals surface area contributed by atoms with E-state index in [1.807, 2.05) is 18.2 Å². The number of rotatable bonds is 1.